The van der Waals surface area contributed by atoms with E-state index in [2.05, 4.69) is 16.4 Å². The molecular weight excluding hydrogens is 410 g/mol. The summed E-state index contributed by atoms with van der Waals surface area (Å²) in [7, 11) is 1.63. The van der Waals surface area contributed by atoms with E-state index in [1.165, 1.54) is 11.3 Å². The first-order valence-corrected chi connectivity index (χ1v) is 11.1. The Bertz CT molecular complexity index is 1140. The standard InChI is InChI=1S/C24H25N3O3S/c1-15-23(19-8-10-20-18(14-19)12-13-27(20)16(2)28)26-24(31-15)25-22(29)11-9-17-6-4-5-7-21(17)30-3/h4-8,10,14H,9,11-13H2,1-3H3,(H,25,26,29). The second-order valence-corrected chi connectivity index (χ2v) is 8.75. The molecule has 4 rings (SSSR count). The lowest BCUT2D eigenvalue weighted by atomic mass is 10.1. The van der Waals surface area contributed by atoms with Crippen LogP contribution in [-0.2, 0) is 22.4 Å². The molecule has 0 saturated heterocycles. The lowest BCUT2D eigenvalue weighted by Gasteiger charge is -2.14. The van der Waals surface area contributed by atoms with Gasteiger partial charge in [0, 0.05) is 36.0 Å². The van der Waals surface area contributed by atoms with Crippen LogP contribution in [0.4, 0.5) is 10.8 Å². The summed E-state index contributed by atoms with van der Waals surface area (Å²) < 4.78 is 5.35. The van der Waals surface area contributed by atoms with Crippen molar-refractivity contribution in [1.82, 2.24) is 4.98 Å². The average molecular weight is 436 g/mol. The van der Waals surface area contributed by atoms with Gasteiger partial charge in [0.2, 0.25) is 11.8 Å². The fourth-order valence-corrected chi connectivity index (χ4v) is 4.79. The number of hydrogen-bond donors (Lipinski definition) is 1. The van der Waals surface area contributed by atoms with Crippen molar-refractivity contribution in [2.75, 3.05) is 23.9 Å². The van der Waals surface area contributed by atoms with Crippen LogP contribution < -0.4 is 15.0 Å². The Balaban J connectivity index is 1.45. The molecule has 0 spiro atoms. The highest BCUT2D eigenvalue weighted by atomic mass is 32.1. The summed E-state index contributed by atoms with van der Waals surface area (Å²) in [6.45, 7) is 4.32. The fraction of sp³-hybridized carbons (Fsp3) is 0.292. The lowest BCUT2D eigenvalue weighted by Crippen LogP contribution is -2.25. The van der Waals surface area contributed by atoms with E-state index in [4.69, 9.17) is 4.74 Å². The van der Waals surface area contributed by atoms with Crippen molar-refractivity contribution < 1.29 is 14.3 Å². The van der Waals surface area contributed by atoms with Crippen molar-refractivity contribution in [2.24, 2.45) is 0 Å². The molecule has 7 heteroatoms. The number of ether oxygens (including phenoxy) is 1. The molecule has 0 aliphatic carbocycles. The van der Waals surface area contributed by atoms with Gasteiger partial charge in [-0.25, -0.2) is 4.98 Å². The van der Waals surface area contributed by atoms with Gasteiger partial charge in [0.15, 0.2) is 5.13 Å². The number of thiazole rings is 1. The third kappa shape index (κ3) is 4.46. The van der Waals surface area contributed by atoms with E-state index in [-0.39, 0.29) is 11.8 Å². The van der Waals surface area contributed by atoms with Crippen molar-refractivity contribution in [1.29, 1.82) is 0 Å². The highest BCUT2D eigenvalue weighted by Crippen LogP contribution is 2.35. The van der Waals surface area contributed by atoms with Gasteiger partial charge in [-0.1, -0.05) is 24.3 Å². The summed E-state index contributed by atoms with van der Waals surface area (Å²) in [5.41, 5.74) is 5.02. The largest absolute Gasteiger partial charge is 0.496 e. The van der Waals surface area contributed by atoms with Crippen LogP contribution in [0, 0.1) is 6.92 Å². The predicted molar refractivity (Wildman–Crippen MR) is 124 cm³/mol. The third-order valence-electron chi connectivity index (χ3n) is 5.49. The minimum Gasteiger partial charge on any atom is -0.496 e. The maximum absolute atomic E-state index is 12.5. The second-order valence-electron chi connectivity index (χ2n) is 7.55. The van der Waals surface area contributed by atoms with Crippen LogP contribution in [-0.4, -0.2) is 30.5 Å². The maximum Gasteiger partial charge on any atom is 0.226 e. The smallest absolute Gasteiger partial charge is 0.226 e. The van der Waals surface area contributed by atoms with Crippen LogP contribution in [0.25, 0.3) is 11.3 Å². The average Bonchev–Trinajstić information content (AvgIpc) is 3.35. The highest BCUT2D eigenvalue weighted by Gasteiger charge is 2.23. The molecule has 1 aliphatic heterocycles. The zero-order chi connectivity index (χ0) is 22.0. The number of aromatic nitrogens is 1. The van der Waals surface area contributed by atoms with Gasteiger partial charge in [-0.05, 0) is 49.1 Å². The predicted octanol–water partition coefficient (Wildman–Crippen LogP) is 4.61. The number of nitrogens with one attached hydrogen (secondary N) is 1. The number of para-hydroxylation sites is 1. The van der Waals surface area contributed by atoms with E-state index in [9.17, 15) is 9.59 Å². The first-order valence-electron chi connectivity index (χ1n) is 10.3. The number of anilines is 2. The lowest BCUT2D eigenvalue weighted by molar-refractivity contribution is -0.117. The number of rotatable bonds is 6. The molecule has 1 aromatic heterocycles. The summed E-state index contributed by atoms with van der Waals surface area (Å²) in [6.07, 6.45) is 1.80. The summed E-state index contributed by atoms with van der Waals surface area (Å²) in [6, 6.07) is 13.8. The molecule has 0 saturated carbocycles. The van der Waals surface area contributed by atoms with Gasteiger partial charge in [0.1, 0.15) is 5.75 Å². The van der Waals surface area contributed by atoms with Crippen LogP contribution in [0.15, 0.2) is 42.5 Å². The van der Waals surface area contributed by atoms with Crippen LogP contribution in [0.5, 0.6) is 5.75 Å². The number of benzene rings is 2. The number of amides is 2. The Morgan fingerprint density at radius 2 is 2.03 bits per heavy atom. The molecule has 160 valence electrons. The van der Waals surface area contributed by atoms with Gasteiger partial charge in [0.25, 0.3) is 0 Å². The number of hydrogen-bond acceptors (Lipinski definition) is 5. The van der Waals surface area contributed by atoms with E-state index in [1.54, 1.807) is 18.9 Å². The molecule has 1 aliphatic rings. The Morgan fingerprint density at radius 1 is 1.23 bits per heavy atom. The van der Waals surface area contributed by atoms with E-state index in [0.29, 0.717) is 18.0 Å². The molecule has 0 bridgehead atoms. The van der Waals surface area contributed by atoms with Gasteiger partial charge >= 0.3 is 0 Å². The zero-order valence-corrected chi connectivity index (χ0v) is 18.7. The third-order valence-corrected chi connectivity index (χ3v) is 6.37. The molecule has 6 nitrogen and oxygen atoms in total. The monoisotopic (exact) mass is 435 g/mol. The van der Waals surface area contributed by atoms with Gasteiger partial charge in [-0.2, -0.15) is 0 Å². The van der Waals surface area contributed by atoms with Gasteiger partial charge < -0.3 is 15.0 Å². The molecule has 0 radical (unpaired) electrons. The van der Waals surface area contributed by atoms with Crippen LogP contribution >= 0.6 is 11.3 Å². The number of fused-ring (bicyclic) bond motifs is 1. The number of carbonyl (C=O) groups excluding carboxylic acids is 2. The number of methoxy groups -OCH3 is 1. The van der Waals surface area contributed by atoms with E-state index >= 15 is 0 Å². The topological polar surface area (TPSA) is 71.5 Å². The van der Waals surface area contributed by atoms with Crippen molar-refractivity contribution in [2.45, 2.75) is 33.1 Å². The number of carbonyl (C=O) groups is 2. The summed E-state index contributed by atoms with van der Waals surface area (Å²) in [5.74, 6) is 0.786. The first-order chi connectivity index (χ1) is 15.0. The number of nitrogens with zero attached hydrogens (tertiary/aromatic N) is 2. The Kier molecular flexibility index (Phi) is 6.04. The number of aryl methyl sites for hydroxylation is 2. The molecule has 2 heterocycles. The molecule has 2 aromatic carbocycles. The van der Waals surface area contributed by atoms with Crippen molar-refractivity contribution in [3.8, 4) is 17.0 Å². The SMILES string of the molecule is COc1ccccc1CCC(=O)Nc1nc(-c2ccc3c(c2)CCN3C(C)=O)c(C)s1. The Morgan fingerprint density at radius 3 is 2.81 bits per heavy atom. The van der Waals surface area contributed by atoms with Gasteiger partial charge in [0.05, 0.1) is 12.8 Å². The minimum atomic E-state index is -0.0720. The summed E-state index contributed by atoms with van der Waals surface area (Å²) in [5, 5.41) is 3.53. The molecular formula is C24H25N3O3S. The molecule has 3 aromatic rings. The fourth-order valence-electron chi connectivity index (χ4n) is 3.93. The summed E-state index contributed by atoms with van der Waals surface area (Å²) >= 11 is 1.47. The maximum atomic E-state index is 12.5. The van der Waals surface area contributed by atoms with Crippen LogP contribution in [0.1, 0.15) is 29.3 Å². The van der Waals surface area contributed by atoms with E-state index < -0.39 is 0 Å². The van der Waals surface area contributed by atoms with Crippen LogP contribution in [0.2, 0.25) is 0 Å². The minimum absolute atomic E-state index is 0.0643. The van der Waals surface area contributed by atoms with Gasteiger partial charge in [-0.3, -0.25) is 9.59 Å². The molecule has 0 unspecified atom stereocenters. The molecule has 0 fully saturated rings. The molecule has 0 atom stereocenters. The Labute approximate surface area is 185 Å². The normalized spacial score (nSPS) is 12.5. The first kappa shape index (κ1) is 21.1. The van der Waals surface area contributed by atoms with E-state index in [1.807, 2.05) is 43.3 Å². The van der Waals surface area contributed by atoms with Crippen molar-refractivity contribution >= 4 is 34.0 Å². The molecule has 1 N–H and O–H groups in total. The highest BCUT2D eigenvalue weighted by molar-refractivity contribution is 7.16. The van der Waals surface area contributed by atoms with Crippen molar-refractivity contribution in [3.05, 3.63) is 58.5 Å². The van der Waals surface area contributed by atoms with Gasteiger partial charge in [-0.15, -0.1) is 11.3 Å². The second kappa shape index (κ2) is 8.89. The molecule has 31 heavy (non-hydrogen) atoms. The molecule has 2 amide bonds. The van der Waals surface area contributed by atoms with Crippen LogP contribution in [0.3, 0.4) is 0 Å². The zero-order valence-electron chi connectivity index (χ0n) is 17.9. The quantitative estimate of drug-likeness (QED) is 0.614. The van der Waals surface area contributed by atoms with Crippen molar-refractivity contribution in [3.63, 3.8) is 0 Å². The Hall–Kier alpha value is -3.19. The summed E-state index contributed by atoms with van der Waals surface area (Å²) in [4.78, 5) is 31.8. The van der Waals surface area contributed by atoms with E-state index in [0.717, 1.165) is 51.7 Å².